The van der Waals surface area contributed by atoms with E-state index in [4.69, 9.17) is 0 Å². The molecule has 1 aliphatic rings. The summed E-state index contributed by atoms with van der Waals surface area (Å²) in [6.45, 7) is 1.83. The molecule has 21 heavy (non-hydrogen) atoms. The van der Waals surface area contributed by atoms with Crippen molar-refractivity contribution in [2.75, 3.05) is 5.32 Å². The highest BCUT2D eigenvalue weighted by Gasteiger charge is 2.38. The fourth-order valence-electron chi connectivity index (χ4n) is 2.64. The second-order valence-corrected chi connectivity index (χ2v) is 5.52. The average Bonchev–Trinajstić information content (AvgIpc) is 3.09. The Labute approximate surface area is 122 Å². The number of aliphatic hydroxyl groups is 1. The molecule has 0 bridgehead atoms. The van der Waals surface area contributed by atoms with Crippen LogP contribution in [-0.4, -0.2) is 31.8 Å². The van der Waals surface area contributed by atoms with Crippen LogP contribution in [0.25, 0.3) is 11.4 Å². The third-order valence-electron chi connectivity index (χ3n) is 3.83. The van der Waals surface area contributed by atoms with Gasteiger partial charge in [-0.2, -0.15) is 5.10 Å². The molecule has 1 aliphatic carbocycles. The maximum Gasteiger partial charge on any atom is 0.256 e. The number of nitrogens with one attached hydrogen (secondary N) is 2. The van der Waals surface area contributed by atoms with Crippen LogP contribution in [0.4, 0.5) is 5.69 Å². The topological polar surface area (TPSA) is 90.9 Å². The van der Waals surface area contributed by atoms with Gasteiger partial charge >= 0.3 is 0 Å². The van der Waals surface area contributed by atoms with Crippen LogP contribution in [0.15, 0.2) is 24.3 Å². The van der Waals surface area contributed by atoms with Crippen LogP contribution in [0.3, 0.4) is 0 Å². The van der Waals surface area contributed by atoms with E-state index >= 15 is 0 Å². The SMILES string of the molecule is Cc1nc(-c2cccc(NC(=O)C3(O)CCCC3)c2)n[nH]1. The lowest BCUT2D eigenvalue weighted by Gasteiger charge is -2.21. The molecule has 1 fully saturated rings. The van der Waals surface area contributed by atoms with Gasteiger partial charge in [0.25, 0.3) is 5.91 Å². The van der Waals surface area contributed by atoms with E-state index in [1.807, 2.05) is 19.1 Å². The van der Waals surface area contributed by atoms with Crippen molar-refractivity contribution in [3.63, 3.8) is 0 Å². The van der Waals surface area contributed by atoms with Crippen LogP contribution in [0.2, 0.25) is 0 Å². The summed E-state index contributed by atoms with van der Waals surface area (Å²) in [7, 11) is 0. The van der Waals surface area contributed by atoms with Gasteiger partial charge in [-0.15, -0.1) is 0 Å². The number of amides is 1. The largest absolute Gasteiger partial charge is 0.380 e. The molecule has 0 saturated heterocycles. The normalized spacial score (nSPS) is 16.9. The zero-order valence-corrected chi connectivity index (χ0v) is 11.9. The highest BCUT2D eigenvalue weighted by Crippen LogP contribution is 2.31. The number of hydrogen-bond donors (Lipinski definition) is 3. The van der Waals surface area contributed by atoms with Gasteiger partial charge in [0, 0.05) is 11.3 Å². The highest BCUT2D eigenvalue weighted by molar-refractivity contribution is 5.97. The van der Waals surface area contributed by atoms with Gasteiger partial charge in [-0.25, -0.2) is 4.98 Å². The number of aromatic amines is 1. The average molecular weight is 286 g/mol. The molecule has 1 aromatic carbocycles. The molecule has 0 unspecified atom stereocenters. The van der Waals surface area contributed by atoms with E-state index < -0.39 is 5.60 Å². The lowest BCUT2D eigenvalue weighted by atomic mass is 10.0. The van der Waals surface area contributed by atoms with Gasteiger partial charge in [-0.3, -0.25) is 9.89 Å². The Kier molecular flexibility index (Phi) is 3.47. The zero-order valence-electron chi connectivity index (χ0n) is 11.9. The van der Waals surface area contributed by atoms with Crippen molar-refractivity contribution in [3.8, 4) is 11.4 Å². The standard InChI is InChI=1S/C15H18N4O2/c1-10-16-13(19-18-10)11-5-4-6-12(9-11)17-14(20)15(21)7-2-3-8-15/h4-6,9,21H,2-3,7-8H2,1H3,(H,17,20)(H,16,18,19). The molecule has 6 heteroatoms. The predicted molar refractivity (Wildman–Crippen MR) is 78.6 cm³/mol. The molecule has 1 saturated carbocycles. The molecule has 3 rings (SSSR count). The summed E-state index contributed by atoms with van der Waals surface area (Å²) in [6.07, 6.45) is 2.83. The van der Waals surface area contributed by atoms with Crippen LogP contribution in [0.5, 0.6) is 0 Å². The van der Waals surface area contributed by atoms with Crippen molar-refractivity contribution < 1.29 is 9.90 Å². The Morgan fingerprint density at radius 2 is 2.14 bits per heavy atom. The van der Waals surface area contributed by atoms with E-state index in [9.17, 15) is 9.90 Å². The molecular formula is C15H18N4O2. The van der Waals surface area contributed by atoms with Crippen LogP contribution < -0.4 is 5.32 Å². The molecule has 6 nitrogen and oxygen atoms in total. The molecule has 1 aromatic heterocycles. The molecule has 3 N–H and O–H groups in total. The summed E-state index contributed by atoms with van der Waals surface area (Å²) in [6, 6.07) is 7.30. The summed E-state index contributed by atoms with van der Waals surface area (Å²) >= 11 is 0. The van der Waals surface area contributed by atoms with Crippen molar-refractivity contribution in [3.05, 3.63) is 30.1 Å². The number of carbonyl (C=O) groups excluding carboxylic acids is 1. The molecule has 1 heterocycles. The summed E-state index contributed by atoms with van der Waals surface area (Å²) in [5, 5.41) is 19.9. The zero-order chi connectivity index (χ0) is 14.9. The lowest BCUT2D eigenvalue weighted by molar-refractivity contribution is -0.133. The summed E-state index contributed by atoms with van der Waals surface area (Å²) < 4.78 is 0. The number of nitrogens with zero attached hydrogens (tertiary/aromatic N) is 2. The summed E-state index contributed by atoms with van der Waals surface area (Å²) in [5.41, 5.74) is 0.229. The fourth-order valence-corrected chi connectivity index (χ4v) is 2.64. The van der Waals surface area contributed by atoms with E-state index in [0.29, 0.717) is 24.4 Å². The summed E-state index contributed by atoms with van der Waals surface area (Å²) in [5.74, 6) is 0.992. The van der Waals surface area contributed by atoms with Crippen molar-refractivity contribution in [1.82, 2.24) is 15.2 Å². The predicted octanol–water partition coefficient (Wildman–Crippen LogP) is 2.02. The third kappa shape index (κ3) is 2.80. The third-order valence-corrected chi connectivity index (χ3v) is 3.83. The van der Waals surface area contributed by atoms with E-state index in [1.165, 1.54) is 0 Å². The van der Waals surface area contributed by atoms with Crippen molar-refractivity contribution in [1.29, 1.82) is 0 Å². The first kappa shape index (κ1) is 13.8. The van der Waals surface area contributed by atoms with E-state index in [1.54, 1.807) is 12.1 Å². The molecule has 1 amide bonds. The van der Waals surface area contributed by atoms with Gasteiger partial charge < -0.3 is 10.4 Å². The number of aryl methyl sites for hydroxylation is 1. The second-order valence-electron chi connectivity index (χ2n) is 5.52. The summed E-state index contributed by atoms with van der Waals surface area (Å²) in [4.78, 5) is 16.5. The minimum absolute atomic E-state index is 0.330. The Morgan fingerprint density at radius 1 is 1.38 bits per heavy atom. The lowest BCUT2D eigenvalue weighted by Crippen LogP contribution is -2.40. The number of hydrogen-bond acceptors (Lipinski definition) is 4. The van der Waals surface area contributed by atoms with Crippen LogP contribution in [-0.2, 0) is 4.79 Å². The molecule has 110 valence electrons. The Morgan fingerprint density at radius 3 is 2.81 bits per heavy atom. The van der Waals surface area contributed by atoms with Crippen molar-refractivity contribution >= 4 is 11.6 Å². The van der Waals surface area contributed by atoms with Gasteiger partial charge in [-0.1, -0.05) is 12.1 Å². The Hall–Kier alpha value is -2.21. The first-order valence-electron chi connectivity index (χ1n) is 7.10. The van der Waals surface area contributed by atoms with Crippen LogP contribution >= 0.6 is 0 Å². The number of rotatable bonds is 3. The molecular weight excluding hydrogens is 268 g/mol. The van der Waals surface area contributed by atoms with E-state index in [0.717, 1.165) is 24.2 Å². The maximum atomic E-state index is 12.2. The van der Waals surface area contributed by atoms with Crippen LogP contribution in [0, 0.1) is 6.92 Å². The first-order chi connectivity index (χ1) is 10.1. The monoisotopic (exact) mass is 286 g/mol. The van der Waals surface area contributed by atoms with Crippen LogP contribution in [0.1, 0.15) is 31.5 Å². The number of aromatic nitrogens is 3. The minimum atomic E-state index is -1.23. The van der Waals surface area contributed by atoms with E-state index in [2.05, 4.69) is 20.5 Å². The molecule has 0 atom stereocenters. The smallest absolute Gasteiger partial charge is 0.256 e. The minimum Gasteiger partial charge on any atom is -0.380 e. The van der Waals surface area contributed by atoms with E-state index in [-0.39, 0.29) is 5.91 Å². The van der Waals surface area contributed by atoms with Crippen molar-refractivity contribution in [2.45, 2.75) is 38.2 Å². The van der Waals surface area contributed by atoms with Gasteiger partial charge in [0.15, 0.2) is 5.82 Å². The highest BCUT2D eigenvalue weighted by atomic mass is 16.3. The number of benzene rings is 1. The second kappa shape index (κ2) is 5.29. The number of H-pyrrole nitrogens is 1. The first-order valence-corrected chi connectivity index (χ1v) is 7.10. The molecule has 0 aliphatic heterocycles. The quantitative estimate of drug-likeness (QED) is 0.805. The Balaban J connectivity index is 1.79. The molecule has 0 spiro atoms. The van der Waals surface area contributed by atoms with Gasteiger partial charge in [-0.05, 0) is 44.7 Å². The maximum absolute atomic E-state index is 12.2. The van der Waals surface area contributed by atoms with Gasteiger partial charge in [0.1, 0.15) is 11.4 Å². The van der Waals surface area contributed by atoms with Gasteiger partial charge in [0.2, 0.25) is 0 Å². The number of carbonyl (C=O) groups is 1. The molecule has 2 aromatic rings. The van der Waals surface area contributed by atoms with Crippen molar-refractivity contribution in [2.24, 2.45) is 0 Å². The van der Waals surface area contributed by atoms with Gasteiger partial charge in [0.05, 0.1) is 0 Å². The Bertz CT molecular complexity index is 659. The number of anilines is 1. The fraction of sp³-hybridized carbons (Fsp3) is 0.400. The molecule has 0 radical (unpaired) electrons.